The topological polar surface area (TPSA) is 38.1 Å². The van der Waals surface area contributed by atoms with Crippen molar-refractivity contribution in [2.45, 2.75) is 6.54 Å². The van der Waals surface area contributed by atoms with Gasteiger partial charge in [0.15, 0.2) is 0 Å². The second-order valence-electron chi connectivity index (χ2n) is 4.11. The van der Waals surface area contributed by atoms with Gasteiger partial charge in [0.25, 0.3) is 0 Å². The molecular weight excluding hydrogens is 328 g/mol. The molecular formula is C14H10BrClN2O. The number of halogens is 2. The molecule has 3 nitrogen and oxygen atoms in total. The Hall–Kier alpha value is -1.52. The summed E-state index contributed by atoms with van der Waals surface area (Å²) in [5.41, 5.74) is 2.91. The highest BCUT2D eigenvalue weighted by Gasteiger charge is 2.05. The third-order valence-corrected chi connectivity index (χ3v) is 3.97. The highest BCUT2D eigenvalue weighted by Crippen LogP contribution is 2.25. The van der Waals surface area contributed by atoms with Crippen LogP contribution in [0.4, 0.5) is 5.69 Å². The fourth-order valence-electron chi connectivity index (χ4n) is 1.88. The summed E-state index contributed by atoms with van der Waals surface area (Å²) in [6, 6.07) is 9.87. The van der Waals surface area contributed by atoms with Gasteiger partial charge in [0.2, 0.25) is 0 Å². The number of benzene rings is 1. The van der Waals surface area contributed by atoms with E-state index in [0.717, 1.165) is 26.7 Å². The third-order valence-electron chi connectivity index (χ3n) is 2.84. The van der Waals surface area contributed by atoms with Gasteiger partial charge in [0, 0.05) is 17.5 Å². The SMILES string of the molecule is Clc1ncc(NCc2coc3ccccc23)cc1Br. The maximum Gasteiger partial charge on any atom is 0.143 e. The lowest BCUT2D eigenvalue weighted by Crippen LogP contribution is -1.99. The Labute approximate surface area is 123 Å². The summed E-state index contributed by atoms with van der Waals surface area (Å²) in [6.07, 6.45) is 3.48. The Morgan fingerprint density at radius 3 is 3.00 bits per heavy atom. The maximum absolute atomic E-state index is 5.86. The van der Waals surface area contributed by atoms with E-state index in [9.17, 15) is 0 Å². The molecule has 0 saturated carbocycles. The summed E-state index contributed by atoms with van der Waals surface area (Å²) in [6.45, 7) is 0.673. The number of para-hydroxylation sites is 1. The van der Waals surface area contributed by atoms with Crippen molar-refractivity contribution in [1.82, 2.24) is 4.98 Å². The van der Waals surface area contributed by atoms with Gasteiger partial charge in [-0.1, -0.05) is 29.8 Å². The number of hydrogen-bond donors (Lipinski definition) is 1. The number of aromatic nitrogens is 1. The number of nitrogens with zero attached hydrogens (tertiary/aromatic N) is 1. The fraction of sp³-hybridized carbons (Fsp3) is 0.0714. The summed E-state index contributed by atoms with van der Waals surface area (Å²) in [5, 5.41) is 4.88. The van der Waals surface area contributed by atoms with Crippen LogP contribution in [0.1, 0.15) is 5.56 Å². The van der Waals surface area contributed by atoms with Crippen LogP contribution in [0.5, 0.6) is 0 Å². The van der Waals surface area contributed by atoms with Gasteiger partial charge >= 0.3 is 0 Å². The zero-order chi connectivity index (χ0) is 13.2. The Bertz CT molecular complexity index is 726. The number of anilines is 1. The molecule has 3 aromatic rings. The highest BCUT2D eigenvalue weighted by atomic mass is 79.9. The average molecular weight is 338 g/mol. The van der Waals surface area contributed by atoms with Gasteiger partial charge in [-0.3, -0.25) is 0 Å². The molecule has 19 heavy (non-hydrogen) atoms. The minimum absolute atomic E-state index is 0.458. The van der Waals surface area contributed by atoms with E-state index in [4.69, 9.17) is 16.0 Å². The van der Waals surface area contributed by atoms with Crippen LogP contribution in [0, 0.1) is 0 Å². The van der Waals surface area contributed by atoms with Crippen LogP contribution in [0.2, 0.25) is 5.15 Å². The zero-order valence-corrected chi connectivity index (χ0v) is 12.2. The quantitative estimate of drug-likeness (QED) is 0.694. The first-order valence-electron chi connectivity index (χ1n) is 5.74. The van der Waals surface area contributed by atoms with Gasteiger partial charge in [-0.2, -0.15) is 0 Å². The van der Waals surface area contributed by atoms with Gasteiger partial charge in [0.05, 0.1) is 22.6 Å². The van der Waals surface area contributed by atoms with Crippen LogP contribution in [0.25, 0.3) is 11.0 Å². The van der Waals surface area contributed by atoms with Crippen LogP contribution >= 0.6 is 27.5 Å². The van der Waals surface area contributed by atoms with Crippen LogP contribution in [0.3, 0.4) is 0 Å². The third kappa shape index (κ3) is 2.60. The van der Waals surface area contributed by atoms with Gasteiger partial charge in [-0.15, -0.1) is 0 Å². The predicted octanol–water partition coefficient (Wildman–Crippen LogP) is 4.86. The van der Waals surface area contributed by atoms with Crippen molar-refractivity contribution < 1.29 is 4.42 Å². The molecule has 0 aliphatic rings. The second-order valence-corrected chi connectivity index (χ2v) is 5.32. The molecule has 96 valence electrons. The molecule has 0 amide bonds. The van der Waals surface area contributed by atoms with Gasteiger partial charge in [0.1, 0.15) is 10.7 Å². The first-order valence-corrected chi connectivity index (χ1v) is 6.91. The summed E-state index contributed by atoms with van der Waals surface area (Å²) in [5.74, 6) is 0. The number of pyridine rings is 1. The van der Waals surface area contributed by atoms with E-state index < -0.39 is 0 Å². The van der Waals surface area contributed by atoms with Gasteiger partial charge < -0.3 is 9.73 Å². The smallest absolute Gasteiger partial charge is 0.143 e. The molecule has 1 aromatic carbocycles. The van der Waals surface area contributed by atoms with Crippen molar-refractivity contribution in [3.63, 3.8) is 0 Å². The molecule has 3 rings (SSSR count). The monoisotopic (exact) mass is 336 g/mol. The first kappa shape index (κ1) is 12.5. The standard InChI is InChI=1S/C14H10BrClN2O/c15-12-5-10(7-18-14(12)16)17-6-9-8-19-13-4-2-1-3-11(9)13/h1-5,7-8,17H,6H2. The van der Waals surface area contributed by atoms with Crippen LogP contribution < -0.4 is 5.32 Å². The van der Waals surface area contributed by atoms with Crippen LogP contribution in [-0.4, -0.2) is 4.98 Å². The minimum Gasteiger partial charge on any atom is -0.464 e. The number of rotatable bonds is 3. The molecule has 0 unspecified atom stereocenters. The molecule has 0 saturated heterocycles. The Balaban J connectivity index is 1.80. The van der Waals surface area contributed by atoms with E-state index in [1.165, 1.54) is 0 Å². The molecule has 5 heteroatoms. The summed E-state index contributed by atoms with van der Waals surface area (Å²) in [7, 11) is 0. The molecule has 0 radical (unpaired) electrons. The largest absolute Gasteiger partial charge is 0.464 e. The lowest BCUT2D eigenvalue weighted by molar-refractivity contribution is 0.611. The molecule has 1 N–H and O–H groups in total. The maximum atomic E-state index is 5.86. The lowest BCUT2D eigenvalue weighted by atomic mass is 10.2. The summed E-state index contributed by atoms with van der Waals surface area (Å²) < 4.78 is 6.27. The number of hydrogen-bond acceptors (Lipinski definition) is 3. The molecule has 0 atom stereocenters. The van der Waals surface area contributed by atoms with E-state index in [2.05, 4.69) is 26.2 Å². The highest BCUT2D eigenvalue weighted by molar-refractivity contribution is 9.10. The molecule has 0 aliphatic heterocycles. The lowest BCUT2D eigenvalue weighted by Gasteiger charge is -2.05. The molecule has 2 aromatic heterocycles. The molecule has 0 bridgehead atoms. The van der Waals surface area contributed by atoms with Crippen molar-refractivity contribution in [2.24, 2.45) is 0 Å². The van der Waals surface area contributed by atoms with Crippen molar-refractivity contribution in [3.8, 4) is 0 Å². The second kappa shape index (κ2) is 5.23. The summed E-state index contributed by atoms with van der Waals surface area (Å²) in [4.78, 5) is 4.07. The van der Waals surface area contributed by atoms with E-state index >= 15 is 0 Å². The zero-order valence-electron chi connectivity index (χ0n) is 9.86. The van der Waals surface area contributed by atoms with Gasteiger partial charge in [-0.05, 0) is 28.1 Å². The van der Waals surface area contributed by atoms with Crippen molar-refractivity contribution >= 4 is 44.2 Å². The Morgan fingerprint density at radius 1 is 1.32 bits per heavy atom. The number of fused-ring (bicyclic) bond motifs is 1. The van der Waals surface area contributed by atoms with Crippen molar-refractivity contribution in [2.75, 3.05) is 5.32 Å². The van der Waals surface area contributed by atoms with Gasteiger partial charge in [-0.25, -0.2) is 4.98 Å². The number of nitrogens with one attached hydrogen (secondary N) is 1. The summed E-state index contributed by atoms with van der Waals surface area (Å²) >= 11 is 9.21. The van der Waals surface area contributed by atoms with Crippen LogP contribution in [-0.2, 0) is 6.54 Å². The van der Waals surface area contributed by atoms with Crippen LogP contribution in [0.15, 0.2) is 51.7 Å². The number of furan rings is 1. The minimum atomic E-state index is 0.458. The average Bonchev–Trinajstić information content (AvgIpc) is 2.83. The molecule has 0 aliphatic carbocycles. The first-order chi connectivity index (χ1) is 9.24. The fourth-order valence-corrected chi connectivity index (χ4v) is 2.34. The molecule has 0 fully saturated rings. The van der Waals surface area contributed by atoms with E-state index in [-0.39, 0.29) is 0 Å². The molecule has 0 spiro atoms. The normalized spacial score (nSPS) is 10.8. The predicted molar refractivity (Wildman–Crippen MR) is 80.5 cm³/mol. The van der Waals surface area contributed by atoms with E-state index in [1.54, 1.807) is 12.5 Å². The van der Waals surface area contributed by atoms with Crippen molar-refractivity contribution in [1.29, 1.82) is 0 Å². The Kier molecular flexibility index (Phi) is 3.44. The van der Waals surface area contributed by atoms with E-state index in [0.29, 0.717) is 11.7 Å². The van der Waals surface area contributed by atoms with E-state index in [1.807, 2.05) is 30.3 Å². The van der Waals surface area contributed by atoms with Crippen molar-refractivity contribution in [3.05, 3.63) is 58.0 Å². The molecule has 2 heterocycles. The Morgan fingerprint density at radius 2 is 2.16 bits per heavy atom.